The minimum absolute atomic E-state index is 0.281. The Bertz CT molecular complexity index is 855. The van der Waals surface area contributed by atoms with Crippen molar-refractivity contribution in [2.45, 2.75) is 11.3 Å². The molecule has 8 heteroatoms. The summed E-state index contributed by atoms with van der Waals surface area (Å²) in [5.74, 6) is 0.707. The van der Waals surface area contributed by atoms with Gasteiger partial charge in [0, 0.05) is 11.4 Å². The van der Waals surface area contributed by atoms with Crippen molar-refractivity contribution < 1.29 is 28.5 Å². The Labute approximate surface area is 174 Å². The SMILES string of the molecule is COc1ccc(CCNC(=O)COC(=O)c2ccc(SC)cc2OC)cc1OC. The van der Waals surface area contributed by atoms with E-state index in [1.54, 1.807) is 32.4 Å². The fraction of sp³-hybridized carbons (Fsp3) is 0.333. The molecular formula is C21H25NO6S. The average molecular weight is 419 g/mol. The third kappa shape index (κ3) is 6.32. The summed E-state index contributed by atoms with van der Waals surface area (Å²) in [6.45, 7) is 0.0375. The molecule has 29 heavy (non-hydrogen) atoms. The van der Waals surface area contributed by atoms with E-state index in [0.717, 1.165) is 10.5 Å². The molecule has 7 nitrogen and oxygen atoms in total. The van der Waals surface area contributed by atoms with Gasteiger partial charge in [-0.05, 0) is 48.6 Å². The molecule has 0 aromatic heterocycles. The molecule has 0 fully saturated rings. The van der Waals surface area contributed by atoms with E-state index in [1.807, 2.05) is 24.5 Å². The molecule has 0 radical (unpaired) electrons. The number of benzene rings is 2. The first-order valence-corrected chi connectivity index (χ1v) is 10.1. The fourth-order valence-corrected chi connectivity index (χ4v) is 3.04. The van der Waals surface area contributed by atoms with Crippen LogP contribution < -0.4 is 19.5 Å². The second-order valence-electron chi connectivity index (χ2n) is 5.93. The molecule has 2 aromatic rings. The molecule has 156 valence electrons. The van der Waals surface area contributed by atoms with E-state index in [-0.39, 0.29) is 18.1 Å². The second-order valence-corrected chi connectivity index (χ2v) is 6.81. The topological polar surface area (TPSA) is 83.1 Å². The van der Waals surface area contributed by atoms with Gasteiger partial charge in [-0.2, -0.15) is 0 Å². The number of methoxy groups -OCH3 is 3. The highest BCUT2D eigenvalue weighted by Crippen LogP contribution is 2.28. The number of carbonyl (C=O) groups is 2. The van der Waals surface area contributed by atoms with Gasteiger partial charge in [0.2, 0.25) is 0 Å². The van der Waals surface area contributed by atoms with Crippen LogP contribution in [0.2, 0.25) is 0 Å². The standard InChI is InChI=1S/C21H25NO6S/c1-25-17-8-5-14(11-19(17)27-3)9-10-22-20(23)13-28-21(24)16-7-6-15(29-4)12-18(16)26-2/h5-8,11-12H,9-10,13H2,1-4H3,(H,22,23). The van der Waals surface area contributed by atoms with E-state index in [9.17, 15) is 9.59 Å². The molecule has 0 aliphatic carbocycles. The van der Waals surface area contributed by atoms with Crippen molar-refractivity contribution in [1.82, 2.24) is 5.32 Å². The number of ether oxygens (including phenoxy) is 4. The average Bonchev–Trinajstić information content (AvgIpc) is 2.76. The van der Waals surface area contributed by atoms with Gasteiger partial charge in [0.15, 0.2) is 18.1 Å². The van der Waals surface area contributed by atoms with Crippen molar-refractivity contribution in [3.8, 4) is 17.2 Å². The van der Waals surface area contributed by atoms with Crippen molar-refractivity contribution in [2.75, 3.05) is 40.7 Å². The third-order valence-electron chi connectivity index (χ3n) is 4.15. The predicted molar refractivity (Wildman–Crippen MR) is 111 cm³/mol. The molecule has 0 aliphatic rings. The zero-order chi connectivity index (χ0) is 21.2. The molecule has 1 amide bonds. The normalized spacial score (nSPS) is 10.2. The molecule has 0 saturated heterocycles. The number of hydrogen-bond donors (Lipinski definition) is 1. The van der Waals surface area contributed by atoms with Gasteiger partial charge in [0.05, 0.1) is 21.3 Å². The summed E-state index contributed by atoms with van der Waals surface area (Å²) >= 11 is 1.54. The van der Waals surface area contributed by atoms with Crippen molar-refractivity contribution in [3.05, 3.63) is 47.5 Å². The Morgan fingerprint density at radius 3 is 2.31 bits per heavy atom. The highest BCUT2D eigenvalue weighted by atomic mass is 32.2. The van der Waals surface area contributed by atoms with Crippen molar-refractivity contribution in [2.24, 2.45) is 0 Å². The minimum Gasteiger partial charge on any atom is -0.496 e. The fourth-order valence-electron chi connectivity index (χ4n) is 2.61. The number of thioether (sulfide) groups is 1. The van der Waals surface area contributed by atoms with E-state index in [1.165, 1.54) is 18.9 Å². The van der Waals surface area contributed by atoms with Crippen molar-refractivity contribution >= 4 is 23.6 Å². The largest absolute Gasteiger partial charge is 0.496 e. The Morgan fingerprint density at radius 1 is 0.931 bits per heavy atom. The molecule has 0 atom stereocenters. The molecule has 0 bridgehead atoms. The lowest BCUT2D eigenvalue weighted by atomic mass is 10.1. The van der Waals surface area contributed by atoms with Crippen molar-refractivity contribution in [1.29, 1.82) is 0 Å². The third-order valence-corrected chi connectivity index (χ3v) is 4.87. The monoisotopic (exact) mass is 419 g/mol. The molecule has 2 rings (SSSR count). The molecule has 0 saturated carbocycles. The van der Waals surface area contributed by atoms with Gasteiger partial charge < -0.3 is 24.3 Å². The van der Waals surface area contributed by atoms with E-state index < -0.39 is 5.97 Å². The summed E-state index contributed by atoms with van der Waals surface area (Å²) in [6, 6.07) is 10.8. The summed E-state index contributed by atoms with van der Waals surface area (Å²) in [5, 5.41) is 2.73. The first kappa shape index (κ1) is 22.4. The highest BCUT2D eigenvalue weighted by molar-refractivity contribution is 7.98. The Kier molecular flexibility index (Phi) is 8.67. The number of rotatable bonds is 10. The van der Waals surface area contributed by atoms with Crippen LogP contribution in [0.15, 0.2) is 41.3 Å². The molecule has 2 aromatic carbocycles. The maximum atomic E-state index is 12.2. The van der Waals surface area contributed by atoms with Crippen molar-refractivity contribution in [3.63, 3.8) is 0 Å². The van der Waals surface area contributed by atoms with Crippen LogP contribution in [0.1, 0.15) is 15.9 Å². The lowest BCUT2D eigenvalue weighted by Crippen LogP contribution is -2.30. The maximum Gasteiger partial charge on any atom is 0.342 e. The van der Waals surface area contributed by atoms with Gasteiger partial charge in [0.25, 0.3) is 5.91 Å². The van der Waals surface area contributed by atoms with Gasteiger partial charge >= 0.3 is 5.97 Å². The summed E-state index contributed by atoms with van der Waals surface area (Å²) in [5.41, 5.74) is 1.27. The van der Waals surface area contributed by atoms with Crippen LogP contribution in [0.25, 0.3) is 0 Å². The quantitative estimate of drug-likeness (QED) is 0.468. The van der Waals surface area contributed by atoms with Gasteiger partial charge in [-0.3, -0.25) is 4.79 Å². The Morgan fingerprint density at radius 2 is 1.66 bits per heavy atom. The van der Waals surface area contributed by atoms with Crippen LogP contribution in [-0.4, -0.2) is 52.6 Å². The van der Waals surface area contributed by atoms with Gasteiger partial charge in [-0.25, -0.2) is 4.79 Å². The summed E-state index contributed by atoms with van der Waals surface area (Å²) < 4.78 is 20.8. The number of amides is 1. The molecule has 0 spiro atoms. The van der Waals surface area contributed by atoms with Crippen LogP contribution in [0.3, 0.4) is 0 Å². The summed E-state index contributed by atoms with van der Waals surface area (Å²) in [6.07, 6.45) is 2.53. The summed E-state index contributed by atoms with van der Waals surface area (Å²) in [7, 11) is 4.63. The number of nitrogens with one attached hydrogen (secondary N) is 1. The van der Waals surface area contributed by atoms with Crippen LogP contribution in [-0.2, 0) is 16.0 Å². The zero-order valence-electron chi connectivity index (χ0n) is 16.9. The van der Waals surface area contributed by atoms with E-state index >= 15 is 0 Å². The Balaban J connectivity index is 1.82. The molecule has 0 aliphatic heterocycles. The highest BCUT2D eigenvalue weighted by Gasteiger charge is 2.16. The van der Waals surface area contributed by atoms with Crippen LogP contribution in [0.4, 0.5) is 0 Å². The van der Waals surface area contributed by atoms with E-state index in [4.69, 9.17) is 18.9 Å². The zero-order valence-corrected chi connectivity index (χ0v) is 17.8. The number of hydrogen-bond acceptors (Lipinski definition) is 7. The van der Waals surface area contributed by atoms with Crippen LogP contribution in [0, 0.1) is 0 Å². The predicted octanol–water partition coefficient (Wildman–Crippen LogP) is 2.95. The van der Waals surface area contributed by atoms with Crippen LogP contribution >= 0.6 is 11.8 Å². The summed E-state index contributed by atoms with van der Waals surface area (Å²) in [4.78, 5) is 25.2. The first-order valence-electron chi connectivity index (χ1n) is 8.89. The first-order chi connectivity index (χ1) is 14.0. The Hall–Kier alpha value is -2.87. The van der Waals surface area contributed by atoms with E-state index in [0.29, 0.717) is 30.2 Å². The number of esters is 1. The smallest absolute Gasteiger partial charge is 0.342 e. The molecule has 0 unspecified atom stereocenters. The lowest BCUT2D eigenvalue weighted by Gasteiger charge is -2.11. The second kappa shape index (κ2) is 11.2. The lowest BCUT2D eigenvalue weighted by molar-refractivity contribution is -0.124. The molecular weight excluding hydrogens is 394 g/mol. The van der Waals surface area contributed by atoms with E-state index in [2.05, 4.69) is 5.32 Å². The van der Waals surface area contributed by atoms with Gasteiger partial charge in [-0.1, -0.05) is 6.07 Å². The molecule has 1 N–H and O–H groups in total. The number of carbonyl (C=O) groups excluding carboxylic acids is 2. The molecule has 0 heterocycles. The maximum absolute atomic E-state index is 12.2. The minimum atomic E-state index is -0.607. The van der Waals surface area contributed by atoms with Crippen LogP contribution in [0.5, 0.6) is 17.2 Å². The van der Waals surface area contributed by atoms with Gasteiger partial charge in [0.1, 0.15) is 11.3 Å². The van der Waals surface area contributed by atoms with Gasteiger partial charge in [-0.15, -0.1) is 11.8 Å².